The Kier molecular flexibility index (Phi) is 4.39. The number of carbonyl (C=O) groups excluding carboxylic acids is 2. The van der Waals surface area contributed by atoms with Crippen molar-refractivity contribution in [2.75, 3.05) is 11.9 Å². The number of nitrogens with one attached hydrogen (secondary N) is 3. The number of hydrogen-bond donors (Lipinski definition) is 3. The van der Waals surface area contributed by atoms with Crippen LogP contribution in [0.3, 0.4) is 0 Å². The van der Waals surface area contributed by atoms with Gasteiger partial charge in [0.1, 0.15) is 6.04 Å². The molecule has 0 radical (unpaired) electrons. The maximum Gasteiger partial charge on any atom is 0.319 e. The van der Waals surface area contributed by atoms with Gasteiger partial charge in [-0.25, -0.2) is 4.79 Å². The normalized spacial score (nSPS) is 17.6. The highest BCUT2D eigenvalue weighted by molar-refractivity contribution is 7.13. The van der Waals surface area contributed by atoms with Crippen molar-refractivity contribution >= 4 is 29.0 Å². The highest BCUT2D eigenvalue weighted by Crippen LogP contribution is 2.26. The Labute approximate surface area is 132 Å². The molecule has 6 heteroatoms. The van der Waals surface area contributed by atoms with E-state index in [0.29, 0.717) is 18.7 Å². The summed E-state index contributed by atoms with van der Waals surface area (Å²) in [4.78, 5) is 24.8. The number of rotatable bonds is 3. The van der Waals surface area contributed by atoms with Gasteiger partial charge in [-0.15, -0.1) is 11.3 Å². The quantitative estimate of drug-likeness (QED) is 0.815. The second kappa shape index (κ2) is 6.62. The third-order valence-electron chi connectivity index (χ3n) is 3.52. The number of carbonyl (C=O) groups is 2. The summed E-state index contributed by atoms with van der Waals surface area (Å²) in [6.45, 7) is 0.682. The Hall–Kier alpha value is -2.34. The van der Waals surface area contributed by atoms with Crippen molar-refractivity contribution in [3.63, 3.8) is 0 Å². The van der Waals surface area contributed by atoms with E-state index in [4.69, 9.17) is 0 Å². The molecule has 1 aliphatic heterocycles. The summed E-state index contributed by atoms with van der Waals surface area (Å²) < 4.78 is 0. The Balaban J connectivity index is 1.64. The fraction of sp³-hybridized carbons (Fsp3) is 0.250. The van der Waals surface area contributed by atoms with E-state index in [1.165, 1.54) is 0 Å². The van der Waals surface area contributed by atoms with Crippen LogP contribution in [-0.4, -0.2) is 24.5 Å². The minimum atomic E-state index is -0.450. The van der Waals surface area contributed by atoms with Crippen LogP contribution in [0.1, 0.15) is 12.8 Å². The Morgan fingerprint density at radius 2 is 2.18 bits per heavy atom. The number of thiophene rings is 1. The first-order chi connectivity index (χ1) is 10.7. The third kappa shape index (κ3) is 3.46. The average molecular weight is 315 g/mol. The first-order valence-corrected chi connectivity index (χ1v) is 8.09. The van der Waals surface area contributed by atoms with Crippen LogP contribution < -0.4 is 16.0 Å². The first-order valence-electron chi connectivity index (χ1n) is 7.21. The molecule has 0 saturated carbocycles. The molecule has 3 N–H and O–H groups in total. The highest BCUT2D eigenvalue weighted by atomic mass is 32.1. The topological polar surface area (TPSA) is 70.2 Å². The van der Waals surface area contributed by atoms with E-state index in [-0.39, 0.29) is 11.9 Å². The molecule has 2 aromatic rings. The molecule has 3 rings (SSSR count). The lowest BCUT2D eigenvalue weighted by molar-refractivity contribution is -0.124. The second-order valence-electron chi connectivity index (χ2n) is 5.14. The van der Waals surface area contributed by atoms with Crippen LogP contribution in [0.15, 0.2) is 41.8 Å². The van der Waals surface area contributed by atoms with Crippen molar-refractivity contribution in [3.8, 4) is 10.4 Å². The van der Waals surface area contributed by atoms with E-state index in [1.54, 1.807) is 11.3 Å². The lowest BCUT2D eigenvalue weighted by Gasteiger charge is -2.22. The minimum Gasteiger partial charge on any atom is -0.354 e. The summed E-state index contributed by atoms with van der Waals surface area (Å²) >= 11 is 1.65. The van der Waals surface area contributed by atoms with E-state index >= 15 is 0 Å². The van der Waals surface area contributed by atoms with Crippen LogP contribution in [0.4, 0.5) is 10.5 Å². The van der Waals surface area contributed by atoms with E-state index in [0.717, 1.165) is 16.9 Å². The molecule has 1 aromatic heterocycles. The number of piperidine rings is 1. The smallest absolute Gasteiger partial charge is 0.319 e. The van der Waals surface area contributed by atoms with Crippen molar-refractivity contribution < 1.29 is 9.59 Å². The predicted molar refractivity (Wildman–Crippen MR) is 87.9 cm³/mol. The van der Waals surface area contributed by atoms with E-state index in [1.807, 2.05) is 41.8 Å². The van der Waals surface area contributed by atoms with Crippen LogP contribution in [0.5, 0.6) is 0 Å². The summed E-state index contributed by atoms with van der Waals surface area (Å²) in [6, 6.07) is 10.9. The average Bonchev–Trinajstić information content (AvgIpc) is 3.04. The zero-order valence-electron chi connectivity index (χ0n) is 12.0. The van der Waals surface area contributed by atoms with Crippen molar-refractivity contribution in [3.05, 3.63) is 41.8 Å². The molecule has 1 atom stereocenters. The van der Waals surface area contributed by atoms with Gasteiger partial charge in [0.2, 0.25) is 5.91 Å². The molecule has 22 heavy (non-hydrogen) atoms. The van der Waals surface area contributed by atoms with Crippen molar-refractivity contribution in [2.24, 2.45) is 0 Å². The van der Waals surface area contributed by atoms with Crippen LogP contribution in [0.25, 0.3) is 10.4 Å². The maximum atomic E-state index is 12.0. The summed E-state index contributed by atoms with van der Waals surface area (Å²) in [7, 11) is 0. The lowest BCUT2D eigenvalue weighted by Crippen LogP contribution is -2.51. The Morgan fingerprint density at radius 3 is 2.95 bits per heavy atom. The molecule has 1 fully saturated rings. The largest absolute Gasteiger partial charge is 0.354 e. The molecule has 1 saturated heterocycles. The van der Waals surface area contributed by atoms with Gasteiger partial charge in [-0.05, 0) is 42.0 Å². The van der Waals surface area contributed by atoms with Crippen LogP contribution in [-0.2, 0) is 4.79 Å². The van der Waals surface area contributed by atoms with E-state index in [9.17, 15) is 9.59 Å². The molecule has 0 bridgehead atoms. The van der Waals surface area contributed by atoms with Crippen LogP contribution in [0, 0.1) is 0 Å². The molecule has 114 valence electrons. The van der Waals surface area contributed by atoms with Crippen molar-refractivity contribution in [1.29, 1.82) is 0 Å². The summed E-state index contributed by atoms with van der Waals surface area (Å²) in [6.07, 6.45) is 1.55. The predicted octanol–water partition coefficient (Wildman–Crippen LogP) is 2.82. The van der Waals surface area contributed by atoms with E-state index in [2.05, 4.69) is 16.0 Å². The molecular formula is C16H17N3O2S. The molecule has 5 nitrogen and oxygen atoms in total. The number of anilines is 1. The molecule has 0 unspecified atom stereocenters. The summed E-state index contributed by atoms with van der Waals surface area (Å²) in [5, 5.41) is 10.3. The SMILES string of the molecule is O=C(Nc1cccc(-c2cccs2)c1)N[C@H]1CCCNC1=O. The number of hydrogen-bond acceptors (Lipinski definition) is 3. The monoisotopic (exact) mass is 315 g/mol. The van der Waals surface area contributed by atoms with E-state index < -0.39 is 6.04 Å². The van der Waals surface area contributed by atoms with Gasteiger partial charge in [-0.2, -0.15) is 0 Å². The zero-order valence-corrected chi connectivity index (χ0v) is 12.8. The molecule has 0 aliphatic carbocycles. The van der Waals surface area contributed by atoms with Gasteiger partial charge in [0, 0.05) is 17.1 Å². The molecular weight excluding hydrogens is 298 g/mol. The molecule has 1 aliphatic rings. The van der Waals surface area contributed by atoms with Gasteiger partial charge in [-0.3, -0.25) is 4.79 Å². The molecule has 1 aromatic carbocycles. The van der Waals surface area contributed by atoms with Gasteiger partial charge in [-0.1, -0.05) is 18.2 Å². The second-order valence-corrected chi connectivity index (χ2v) is 6.09. The molecule has 2 heterocycles. The van der Waals surface area contributed by atoms with Crippen LogP contribution >= 0.6 is 11.3 Å². The van der Waals surface area contributed by atoms with Crippen molar-refractivity contribution in [1.82, 2.24) is 10.6 Å². The number of benzene rings is 1. The maximum absolute atomic E-state index is 12.0. The lowest BCUT2D eigenvalue weighted by atomic mass is 10.1. The summed E-state index contributed by atoms with van der Waals surface area (Å²) in [5.74, 6) is -0.117. The first kappa shape index (κ1) is 14.6. The summed E-state index contributed by atoms with van der Waals surface area (Å²) in [5.41, 5.74) is 1.77. The number of urea groups is 1. The zero-order chi connectivity index (χ0) is 15.4. The highest BCUT2D eigenvalue weighted by Gasteiger charge is 2.23. The Bertz CT molecular complexity index is 670. The van der Waals surface area contributed by atoms with Gasteiger partial charge in [0.05, 0.1) is 0 Å². The van der Waals surface area contributed by atoms with Gasteiger partial charge in [0.25, 0.3) is 0 Å². The van der Waals surface area contributed by atoms with Gasteiger partial charge >= 0.3 is 6.03 Å². The molecule has 0 spiro atoms. The molecule has 3 amide bonds. The van der Waals surface area contributed by atoms with Crippen molar-refractivity contribution in [2.45, 2.75) is 18.9 Å². The minimum absolute atomic E-state index is 0.117. The Morgan fingerprint density at radius 1 is 1.27 bits per heavy atom. The third-order valence-corrected chi connectivity index (χ3v) is 4.44. The number of amides is 3. The standard InChI is InChI=1S/C16H17N3O2S/c20-15-13(6-2-8-17-15)19-16(21)18-12-5-1-4-11(10-12)14-7-3-9-22-14/h1,3-5,7,9-10,13H,2,6,8H2,(H,17,20)(H2,18,19,21)/t13-/m0/s1. The van der Waals surface area contributed by atoms with Crippen LogP contribution in [0.2, 0.25) is 0 Å². The van der Waals surface area contributed by atoms with Gasteiger partial charge in [0.15, 0.2) is 0 Å². The van der Waals surface area contributed by atoms with Gasteiger partial charge < -0.3 is 16.0 Å². The fourth-order valence-electron chi connectivity index (χ4n) is 2.43. The fourth-order valence-corrected chi connectivity index (χ4v) is 3.15.